The number of nitrogens with one attached hydrogen (secondary N) is 1. The molecule has 4 nitrogen and oxygen atoms in total. The fourth-order valence-electron chi connectivity index (χ4n) is 3.08. The third-order valence-corrected chi connectivity index (χ3v) is 5.76. The molecular formula is C16H25NO3S. The van der Waals surface area contributed by atoms with Gasteiger partial charge in [-0.2, -0.15) is 0 Å². The SMILES string of the molecule is Cc1ccc(S(=O)(=O)NC(C)CC2(O)CCCCC2)cc1. The van der Waals surface area contributed by atoms with Gasteiger partial charge < -0.3 is 5.11 Å². The molecule has 1 atom stereocenters. The molecule has 21 heavy (non-hydrogen) atoms. The fraction of sp³-hybridized carbons (Fsp3) is 0.625. The van der Waals surface area contributed by atoms with Crippen molar-refractivity contribution in [1.29, 1.82) is 0 Å². The standard InChI is InChI=1S/C16H25NO3S/c1-13-6-8-15(9-7-13)21(19,20)17-14(2)12-16(18)10-4-3-5-11-16/h6-9,14,17-18H,3-5,10-12H2,1-2H3. The highest BCUT2D eigenvalue weighted by atomic mass is 32.2. The van der Waals surface area contributed by atoms with Crippen LogP contribution in [0.2, 0.25) is 0 Å². The number of benzene rings is 1. The number of hydrogen-bond donors (Lipinski definition) is 2. The van der Waals surface area contributed by atoms with Crippen molar-refractivity contribution in [1.82, 2.24) is 4.72 Å². The van der Waals surface area contributed by atoms with Gasteiger partial charge in [-0.15, -0.1) is 0 Å². The van der Waals surface area contributed by atoms with Crippen LogP contribution in [0.25, 0.3) is 0 Å². The molecule has 2 N–H and O–H groups in total. The van der Waals surface area contributed by atoms with Gasteiger partial charge >= 0.3 is 0 Å². The van der Waals surface area contributed by atoms with Gasteiger partial charge in [0.1, 0.15) is 0 Å². The van der Waals surface area contributed by atoms with E-state index in [0.29, 0.717) is 6.42 Å². The van der Waals surface area contributed by atoms with Crippen LogP contribution in [0.4, 0.5) is 0 Å². The van der Waals surface area contributed by atoms with Crippen LogP contribution in [0.1, 0.15) is 51.0 Å². The number of rotatable bonds is 5. The monoisotopic (exact) mass is 311 g/mol. The maximum absolute atomic E-state index is 12.3. The Morgan fingerprint density at radius 2 is 1.76 bits per heavy atom. The van der Waals surface area contributed by atoms with Gasteiger partial charge in [0.2, 0.25) is 10.0 Å². The molecule has 0 bridgehead atoms. The summed E-state index contributed by atoms with van der Waals surface area (Å²) >= 11 is 0. The molecule has 0 saturated heterocycles. The van der Waals surface area contributed by atoms with Crippen LogP contribution in [0.15, 0.2) is 29.2 Å². The predicted octanol–water partition coefficient (Wildman–Crippen LogP) is 2.75. The van der Waals surface area contributed by atoms with E-state index in [9.17, 15) is 13.5 Å². The van der Waals surface area contributed by atoms with E-state index < -0.39 is 15.6 Å². The molecule has 0 radical (unpaired) electrons. The van der Waals surface area contributed by atoms with Crippen LogP contribution < -0.4 is 4.72 Å². The Labute approximate surface area is 127 Å². The van der Waals surface area contributed by atoms with E-state index in [-0.39, 0.29) is 10.9 Å². The summed E-state index contributed by atoms with van der Waals surface area (Å²) < 4.78 is 27.3. The second-order valence-corrected chi connectivity index (χ2v) is 8.04. The first-order valence-corrected chi connectivity index (χ1v) is 9.10. The summed E-state index contributed by atoms with van der Waals surface area (Å²) in [5.74, 6) is 0. The summed E-state index contributed by atoms with van der Waals surface area (Å²) in [6.45, 7) is 3.74. The van der Waals surface area contributed by atoms with Crippen LogP contribution in [0.5, 0.6) is 0 Å². The Bertz CT molecular complexity index is 560. The first-order chi connectivity index (χ1) is 9.81. The van der Waals surface area contributed by atoms with E-state index in [1.807, 2.05) is 13.8 Å². The summed E-state index contributed by atoms with van der Waals surface area (Å²) in [7, 11) is -3.51. The van der Waals surface area contributed by atoms with E-state index in [1.54, 1.807) is 24.3 Å². The second kappa shape index (κ2) is 6.46. The summed E-state index contributed by atoms with van der Waals surface area (Å²) in [6.07, 6.45) is 5.21. The Balaban J connectivity index is 2.00. The molecule has 1 aliphatic carbocycles. The van der Waals surface area contributed by atoms with E-state index in [0.717, 1.165) is 37.7 Å². The maximum atomic E-state index is 12.3. The lowest BCUT2D eigenvalue weighted by Gasteiger charge is -2.34. The van der Waals surface area contributed by atoms with Crippen LogP contribution in [-0.4, -0.2) is 25.2 Å². The van der Waals surface area contributed by atoms with Crippen molar-refractivity contribution in [2.24, 2.45) is 0 Å². The zero-order valence-corrected chi connectivity index (χ0v) is 13.6. The summed E-state index contributed by atoms with van der Waals surface area (Å²) in [5, 5.41) is 10.5. The third-order valence-electron chi connectivity index (χ3n) is 4.16. The normalized spacial score (nSPS) is 20.1. The topological polar surface area (TPSA) is 66.4 Å². The molecule has 1 aromatic rings. The first kappa shape index (κ1) is 16.5. The molecule has 1 saturated carbocycles. The summed E-state index contributed by atoms with van der Waals surface area (Å²) in [6, 6.07) is 6.51. The van der Waals surface area contributed by atoms with Gasteiger partial charge in [0.25, 0.3) is 0 Å². The van der Waals surface area contributed by atoms with Gasteiger partial charge in [-0.3, -0.25) is 0 Å². The van der Waals surface area contributed by atoms with Crippen LogP contribution in [0, 0.1) is 6.92 Å². The predicted molar refractivity (Wildman–Crippen MR) is 83.6 cm³/mol. The van der Waals surface area contributed by atoms with Crippen molar-refractivity contribution in [3.63, 3.8) is 0 Å². The molecule has 1 fully saturated rings. The zero-order valence-electron chi connectivity index (χ0n) is 12.8. The van der Waals surface area contributed by atoms with Crippen molar-refractivity contribution in [3.05, 3.63) is 29.8 Å². The average molecular weight is 311 g/mol. The smallest absolute Gasteiger partial charge is 0.240 e. The molecule has 0 aliphatic heterocycles. The summed E-state index contributed by atoms with van der Waals surface area (Å²) in [5.41, 5.74) is 0.312. The Morgan fingerprint density at radius 3 is 2.33 bits per heavy atom. The van der Waals surface area contributed by atoms with Crippen molar-refractivity contribution in [2.75, 3.05) is 0 Å². The van der Waals surface area contributed by atoms with Crippen LogP contribution >= 0.6 is 0 Å². The molecule has 118 valence electrons. The molecule has 1 aromatic carbocycles. The summed E-state index contributed by atoms with van der Waals surface area (Å²) in [4.78, 5) is 0.274. The lowest BCUT2D eigenvalue weighted by Crippen LogP contribution is -2.41. The Hall–Kier alpha value is -0.910. The fourth-order valence-corrected chi connectivity index (χ4v) is 4.32. The van der Waals surface area contributed by atoms with Gasteiger partial charge in [0.05, 0.1) is 10.5 Å². The van der Waals surface area contributed by atoms with Crippen molar-refractivity contribution in [3.8, 4) is 0 Å². The molecule has 1 aliphatic rings. The molecule has 0 aromatic heterocycles. The van der Waals surface area contributed by atoms with Crippen molar-refractivity contribution >= 4 is 10.0 Å². The average Bonchev–Trinajstić information content (AvgIpc) is 2.38. The quantitative estimate of drug-likeness (QED) is 0.878. The highest BCUT2D eigenvalue weighted by molar-refractivity contribution is 7.89. The van der Waals surface area contributed by atoms with Crippen molar-refractivity contribution in [2.45, 2.75) is 68.9 Å². The van der Waals surface area contributed by atoms with E-state index >= 15 is 0 Å². The molecule has 0 spiro atoms. The van der Waals surface area contributed by atoms with Crippen LogP contribution in [-0.2, 0) is 10.0 Å². The molecule has 1 unspecified atom stereocenters. The third kappa shape index (κ3) is 4.53. The van der Waals surface area contributed by atoms with E-state index in [2.05, 4.69) is 4.72 Å². The van der Waals surface area contributed by atoms with Gasteiger partial charge in [-0.25, -0.2) is 13.1 Å². The molecule has 0 heterocycles. The second-order valence-electron chi connectivity index (χ2n) is 6.32. The number of aryl methyl sites for hydroxylation is 1. The van der Waals surface area contributed by atoms with Gasteiger partial charge in [0, 0.05) is 6.04 Å². The van der Waals surface area contributed by atoms with Gasteiger partial charge in [-0.05, 0) is 45.2 Å². The largest absolute Gasteiger partial charge is 0.390 e. The van der Waals surface area contributed by atoms with Gasteiger partial charge in [0.15, 0.2) is 0 Å². The highest BCUT2D eigenvalue weighted by Crippen LogP contribution is 2.32. The molecule has 0 amide bonds. The lowest BCUT2D eigenvalue weighted by molar-refractivity contribution is -0.00903. The van der Waals surface area contributed by atoms with Crippen molar-refractivity contribution < 1.29 is 13.5 Å². The maximum Gasteiger partial charge on any atom is 0.240 e. The minimum atomic E-state index is -3.51. The van der Waals surface area contributed by atoms with E-state index in [4.69, 9.17) is 0 Å². The lowest BCUT2D eigenvalue weighted by atomic mass is 9.81. The number of aliphatic hydroxyl groups is 1. The number of sulfonamides is 1. The Kier molecular flexibility index (Phi) is 5.07. The minimum Gasteiger partial charge on any atom is -0.390 e. The highest BCUT2D eigenvalue weighted by Gasteiger charge is 2.32. The molecular weight excluding hydrogens is 286 g/mol. The Morgan fingerprint density at radius 1 is 1.19 bits per heavy atom. The van der Waals surface area contributed by atoms with E-state index in [1.165, 1.54) is 0 Å². The molecule has 2 rings (SSSR count). The minimum absolute atomic E-state index is 0.274. The molecule has 5 heteroatoms. The zero-order chi connectivity index (χ0) is 15.5. The first-order valence-electron chi connectivity index (χ1n) is 7.62. The number of hydrogen-bond acceptors (Lipinski definition) is 3. The van der Waals surface area contributed by atoms with Gasteiger partial charge in [-0.1, -0.05) is 37.0 Å². The van der Waals surface area contributed by atoms with Crippen LogP contribution in [0.3, 0.4) is 0 Å².